The Bertz CT molecular complexity index is 437. The predicted molar refractivity (Wildman–Crippen MR) is 77.9 cm³/mol. The van der Waals surface area contributed by atoms with Gasteiger partial charge in [0, 0.05) is 18.7 Å². The zero-order chi connectivity index (χ0) is 13.5. The largest absolute Gasteiger partial charge is 0.284 e. The Morgan fingerprint density at radius 1 is 1.26 bits per heavy atom. The highest BCUT2D eigenvalue weighted by Gasteiger charge is 2.11. The number of carbonyl (C=O) groups is 1. The molecule has 0 atom stereocenters. The minimum Gasteiger partial charge on any atom is -0.284 e. The Morgan fingerprint density at radius 3 is 2.68 bits per heavy atom. The number of hydrogen-bond acceptors (Lipinski definition) is 2. The van der Waals surface area contributed by atoms with Crippen molar-refractivity contribution >= 4 is 5.91 Å². The van der Waals surface area contributed by atoms with Crippen LogP contribution in [0, 0.1) is 0 Å². The Labute approximate surface area is 115 Å². The Morgan fingerprint density at radius 2 is 2.05 bits per heavy atom. The van der Waals surface area contributed by atoms with Crippen LogP contribution in [0.1, 0.15) is 42.1 Å². The summed E-state index contributed by atoms with van der Waals surface area (Å²) in [7, 11) is 0. The molecule has 2 rings (SSSR count). The monoisotopic (exact) mass is 258 g/mol. The summed E-state index contributed by atoms with van der Waals surface area (Å²) in [5.74, 6) is -0.0164. The molecule has 0 bridgehead atoms. The molecule has 1 aromatic carbocycles. The predicted octanol–water partition coefficient (Wildman–Crippen LogP) is 2.94. The van der Waals surface area contributed by atoms with E-state index in [4.69, 9.17) is 0 Å². The second-order valence-electron chi connectivity index (χ2n) is 4.95. The minimum absolute atomic E-state index is 0.0164. The lowest BCUT2D eigenvalue weighted by Gasteiger charge is -2.23. The molecule has 3 nitrogen and oxygen atoms in total. The van der Waals surface area contributed by atoms with E-state index in [1.807, 2.05) is 17.1 Å². The van der Waals surface area contributed by atoms with E-state index in [-0.39, 0.29) is 5.91 Å². The molecule has 0 saturated carbocycles. The topological polar surface area (TPSA) is 32.3 Å². The summed E-state index contributed by atoms with van der Waals surface area (Å²) in [6, 6.07) is 7.95. The molecule has 0 radical (unpaired) electrons. The molecule has 3 heteroatoms. The number of unbranched alkanes of at least 4 members (excludes halogenated alkanes) is 1. The second-order valence-corrected chi connectivity index (χ2v) is 4.95. The SMILES string of the molecule is CCCCc1ccc(C(=O)NN2CC=CCC2)cc1. The molecule has 1 N–H and O–H groups in total. The van der Waals surface area contributed by atoms with Crippen LogP contribution in [0.25, 0.3) is 0 Å². The van der Waals surface area contributed by atoms with Crippen molar-refractivity contribution in [1.29, 1.82) is 0 Å². The molecule has 0 spiro atoms. The highest BCUT2D eigenvalue weighted by molar-refractivity contribution is 5.93. The van der Waals surface area contributed by atoms with Gasteiger partial charge in [0.05, 0.1) is 0 Å². The number of nitrogens with one attached hydrogen (secondary N) is 1. The van der Waals surface area contributed by atoms with Gasteiger partial charge in [-0.2, -0.15) is 0 Å². The third-order valence-corrected chi connectivity index (χ3v) is 3.35. The smallest absolute Gasteiger partial charge is 0.265 e. The fraction of sp³-hybridized carbons (Fsp3) is 0.438. The number of rotatable bonds is 5. The maximum absolute atomic E-state index is 12.1. The fourth-order valence-electron chi connectivity index (χ4n) is 2.15. The number of hydrazine groups is 1. The van der Waals surface area contributed by atoms with E-state index in [0.717, 1.165) is 31.5 Å². The second kappa shape index (κ2) is 7.10. The summed E-state index contributed by atoms with van der Waals surface area (Å²) >= 11 is 0. The van der Waals surface area contributed by atoms with Crippen LogP contribution in [0.5, 0.6) is 0 Å². The Kier molecular flexibility index (Phi) is 5.16. The van der Waals surface area contributed by atoms with E-state index in [1.165, 1.54) is 18.4 Å². The van der Waals surface area contributed by atoms with Crippen molar-refractivity contribution in [3.05, 3.63) is 47.5 Å². The van der Waals surface area contributed by atoms with Crippen LogP contribution in [0.15, 0.2) is 36.4 Å². The summed E-state index contributed by atoms with van der Waals surface area (Å²) in [5.41, 5.74) is 4.98. The molecule has 1 amide bonds. The number of amides is 1. The fourth-order valence-corrected chi connectivity index (χ4v) is 2.15. The zero-order valence-electron chi connectivity index (χ0n) is 11.6. The maximum atomic E-state index is 12.1. The van der Waals surface area contributed by atoms with Crippen LogP contribution >= 0.6 is 0 Å². The number of aryl methyl sites for hydroxylation is 1. The van der Waals surface area contributed by atoms with E-state index in [0.29, 0.717) is 0 Å². The number of nitrogens with zero attached hydrogens (tertiary/aromatic N) is 1. The first-order chi connectivity index (χ1) is 9.29. The molecule has 0 saturated heterocycles. The van der Waals surface area contributed by atoms with Gasteiger partial charge in [-0.15, -0.1) is 0 Å². The Hall–Kier alpha value is -1.61. The number of hydrogen-bond donors (Lipinski definition) is 1. The average molecular weight is 258 g/mol. The lowest BCUT2D eigenvalue weighted by molar-refractivity contribution is 0.0804. The molecule has 1 aliphatic rings. The van der Waals surface area contributed by atoms with Crippen molar-refractivity contribution in [2.24, 2.45) is 0 Å². The highest BCUT2D eigenvalue weighted by atomic mass is 16.2. The highest BCUT2D eigenvalue weighted by Crippen LogP contribution is 2.08. The van der Waals surface area contributed by atoms with Gasteiger partial charge in [-0.25, -0.2) is 5.01 Å². The third-order valence-electron chi connectivity index (χ3n) is 3.35. The van der Waals surface area contributed by atoms with Gasteiger partial charge in [0.25, 0.3) is 5.91 Å². The molecule has 0 aliphatic carbocycles. The molecule has 19 heavy (non-hydrogen) atoms. The van der Waals surface area contributed by atoms with Crippen LogP contribution in [-0.4, -0.2) is 24.0 Å². The van der Waals surface area contributed by atoms with Gasteiger partial charge < -0.3 is 0 Å². The number of carbonyl (C=O) groups excluding carboxylic acids is 1. The van der Waals surface area contributed by atoms with Gasteiger partial charge in [-0.05, 0) is 37.0 Å². The quantitative estimate of drug-likeness (QED) is 0.824. The summed E-state index contributed by atoms with van der Waals surface area (Å²) in [5, 5.41) is 1.95. The molecule has 1 aromatic rings. The van der Waals surface area contributed by atoms with E-state index >= 15 is 0 Å². The van der Waals surface area contributed by atoms with Gasteiger partial charge in [-0.1, -0.05) is 37.6 Å². The van der Waals surface area contributed by atoms with Crippen molar-refractivity contribution in [2.75, 3.05) is 13.1 Å². The van der Waals surface area contributed by atoms with Crippen molar-refractivity contribution < 1.29 is 4.79 Å². The van der Waals surface area contributed by atoms with Crippen LogP contribution < -0.4 is 5.43 Å². The zero-order valence-corrected chi connectivity index (χ0v) is 11.6. The van der Waals surface area contributed by atoms with Crippen LogP contribution in [0.2, 0.25) is 0 Å². The molecular weight excluding hydrogens is 236 g/mol. The maximum Gasteiger partial charge on any atom is 0.265 e. The molecule has 1 aliphatic heterocycles. The first-order valence-corrected chi connectivity index (χ1v) is 7.09. The van der Waals surface area contributed by atoms with E-state index in [2.05, 4.69) is 36.6 Å². The van der Waals surface area contributed by atoms with Crippen molar-refractivity contribution in [1.82, 2.24) is 10.4 Å². The Balaban J connectivity index is 1.89. The summed E-state index contributed by atoms with van der Waals surface area (Å²) in [6.45, 7) is 3.87. The molecule has 0 fully saturated rings. The van der Waals surface area contributed by atoms with Crippen molar-refractivity contribution in [3.8, 4) is 0 Å². The van der Waals surface area contributed by atoms with Crippen molar-refractivity contribution in [2.45, 2.75) is 32.6 Å². The van der Waals surface area contributed by atoms with Gasteiger partial charge >= 0.3 is 0 Å². The van der Waals surface area contributed by atoms with Crippen LogP contribution in [0.4, 0.5) is 0 Å². The summed E-state index contributed by atoms with van der Waals surface area (Å²) in [4.78, 5) is 12.1. The van der Waals surface area contributed by atoms with Gasteiger partial charge in [0.2, 0.25) is 0 Å². The molecule has 1 heterocycles. The third kappa shape index (κ3) is 4.21. The summed E-state index contributed by atoms with van der Waals surface area (Å²) < 4.78 is 0. The first kappa shape index (κ1) is 13.8. The molecule has 0 aromatic heterocycles. The lowest BCUT2D eigenvalue weighted by atomic mass is 10.1. The molecular formula is C16H22N2O. The van der Waals surface area contributed by atoms with Crippen molar-refractivity contribution in [3.63, 3.8) is 0 Å². The minimum atomic E-state index is -0.0164. The number of benzene rings is 1. The van der Waals surface area contributed by atoms with Crippen LogP contribution in [0.3, 0.4) is 0 Å². The molecule has 102 valence electrons. The average Bonchev–Trinajstić information content (AvgIpc) is 2.46. The first-order valence-electron chi connectivity index (χ1n) is 7.09. The molecule has 0 unspecified atom stereocenters. The normalized spacial score (nSPS) is 15.4. The van der Waals surface area contributed by atoms with E-state index in [9.17, 15) is 4.79 Å². The standard InChI is InChI=1S/C16H22N2O/c1-2-3-7-14-8-10-15(11-9-14)16(19)17-18-12-5-4-6-13-18/h4-5,8-11H,2-3,6-7,12-13H2,1H3,(H,17,19). The van der Waals surface area contributed by atoms with Gasteiger partial charge in [0.15, 0.2) is 0 Å². The lowest BCUT2D eigenvalue weighted by Crippen LogP contribution is -2.43. The van der Waals surface area contributed by atoms with Gasteiger partial charge in [0.1, 0.15) is 0 Å². The van der Waals surface area contributed by atoms with E-state index in [1.54, 1.807) is 0 Å². The summed E-state index contributed by atoms with van der Waals surface area (Å²) in [6.07, 6.45) is 8.71. The van der Waals surface area contributed by atoms with Crippen LogP contribution in [-0.2, 0) is 6.42 Å². The van der Waals surface area contributed by atoms with E-state index < -0.39 is 0 Å². The van der Waals surface area contributed by atoms with Gasteiger partial charge in [-0.3, -0.25) is 10.2 Å².